The SMILES string of the molecule is Cc1cc(S(=O)(=O)N2CCN(C)CC2C)sc1CCl. The summed E-state index contributed by atoms with van der Waals surface area (Å²) in [6.07, 6.45) is 0. The van der Waals surface area contributed by atoms with Crippen molar-refractivity contribution in [1.29, 1.82) is 0 Å². The standard InChI is InChI=1S/C12H19ClN2O2S2/c1-9-6-12(18-11(9)7-13)19(16,17)15-5-4-14(3)8-10(15)2/h6,10H,4-5,7-8H2,1-3H3. The van der Waals surface area contributed by atoms with E-state index in [4.69, 9.17) is 11.6 Å². The summed E-state index contributed by atoms with van der Waals surface area (Å²) in [7, 11) is -1.36. The summed E-state index contributed by atoms with van der Waals surface area (Å²) in [5, 5.41) is 0. The van der Waals surface area contributed by atoms with Gasteiger partial charge in [0, 0.05) is 30.6 Å². The number of hydrogen-bond donors (Lipinski definition) is 0. The van der Waals surface area contributed by atoms with Gasteiger partial charge in [-0.25, -0.2) is 8.42 Å². The van der Waals surface area contributed by atoms with Crippen LogP contribution in [0.15, 0.2) is 10.3 Å². The van der Waals surface area contributed by atoms with Crippen LogP contribution in [0.1, 0.15) is 17.4 Å². The first-order valence-electron chi connectivity index (χ1n) is 6.22. The first-order chi connectivity index (χ1) is 8.86. The summed E-state index contributed by atoms with van der Waals surface area (Å²) in [6.45, 7) is 5.95. The second-order valence-electron chi connectivity index (χ2n) is 5.03. The number of hydrogen-bond acceptors (Lipinski definition) is 4. The van der Waals surface area contributed by atoms with Crippen molar-refractivity contribution in [3.8, 4) is 0 Å². The summed E-state index contributed by atoms with van der Waals surface area (Å²) in [5.74, 6) is 0.365. The maximum absolute atomic E-state index is 12.7. The van der Waals surface area contributed by atoms with E-state index in [1.165, 1.54) is 11.3 Å². The molecule has 1 aromatic rings. The van der Waals surface area contributed by atoms with E-state index in [0.717, 1.165) is 23.5 Å². The molecule has 7 heteroatoms. The Morgan fingerprint density at radius 2 is 2.16 bits per heavy atom. The molecule has 108 valence electrons. The highest BCUT2D eigenvalue weighted by Gasteiger charge is 2.33. The van der Waals surface area contributed by atoms with Gasteiger partial charge in [-0.05, 0) is 32.5 Å². The Kier molecular flexibility index (Phi) is 4.57. The Morgan fingerprint density at radius 1 is 1.47 bits per heavy atom. The maximum Gasteiger partial charge on any atom is 0.252 e. The first-order valence-corrected chi connectivity index (χ1v) is 9.01. The molecule has 1 aromatic heterocycles. The molecule has 0 N–H and O–H groups in total. The van der Waals surface area contributed by atoms with Crippen molar-refractivity contribution in [2.45, 2.75) is 30.0 Å². The zero-order chi connectivity index (χ0) is 14.2. The highest BCUT2D eigenvalue weighted by Crippen LogP contribution is 2.31. The molecule has 1 saturated heterocycles. The van der Waals surface area contributed by atoms with Gasteiger partial charge in [-0.3, -0.25) is 0 Å². The van der Waals surface area contributed by atoms with E-state index in [9.17, 15) is 8.42 Å². The summed E-state index contributed by atoms with van der Waals surface area (Å²) >= 11 is 7.11. The normalized spacial score (nSPS) is 22.8. The van der Waals surface area contributed by atoms with Gasteiger partial charge >= 0.3 is 0 Å². The van der Waals surface area contributed by atoms with Crippen LogP contribution in [0.4, 0.5) is 0 Å². The van der Waals surface area contributed by atoms with Gasteiger partial charge in [0.05, 0.1) is 5.88 Å². The minimum absolute atomic E-state index is 0.00519. The molecular weight excluding hydrogens is 304 g/mol. The number of alkyl halides is 1. The zero-order valence-corrected chi connectivity index (χ0v) is 13.8. The van der Waals surface area contributed by atoms with Gasteiger partial charge in [0.1, 0.15) is 4.21 Å². The quantitative estimate of drug-likeness (QED) is 0.800. The van der Waals surface area contributed by atoms with E-state index in [-0.39, 0.29) is 6.04 Å². The van der Waals surface area contributed by atoms with Crippen molar-refractivity contribution in [2.75, 3.05) is 26.7 Å². The van der Waals surface area contributed by atoms with E-state index in [0.29, 0.717) is 16.6 Å². The molecule has 1 unspecified atom stereocenters. The first kappa shape index (κ1) is 15.3. The molecule has 0 bridgehead atoms. The molecular formula is C12H19ClN2O2S2. The fourth-order valence-electron chi connectivity index (χ4n) is 2.34. The Morgan fingerprint density at radius 3 is 2.68 bits per heavy atom. The lowest BCUT2D eigenvalue weighted by molar-refractivity contribution is 0.170. The second-order valence-corrected chi connectivity index (χ2v) is 8.55. The van der Waals surface area contributed by atoms with Crippen molar-refractivity contribution >= 4 is 33.0 Å². The van der Waals surface area contributed by atoms with Crippen molar-refractivity contribution < 1.29 is 8.42 Å². The third-order valence-electron chi connectivity index (χ3n) is 3.45. The minimum atomic E-state index is -3.38. The van der Waals surface area contributed by atoms with E-state index in [1.807, 2.05) is 20.9 Å². The molecule has 0 radical (unpaired) electrons. The molecule has 1 fully saturated rings. The molecule has 1 aliphatic heterocycles. The van der Waals surface area contributed by atoms with Crippen LogP contribution in [-0.2, 0) is 15.9 Å². The number of nitrogens with zero attached hydrogens (tertiary/aromatic N) is 2. The van der Waals surface area contributed by atoms with Crippen LogP contribution in [0.2, 0.25) is 0 Å². The Bertz CT molecular complexity index is 556. The van der Waals surface area contributed by atoms with Gasteiger partial charge in [0.15, 0.2) is 0 Å². The number of thiophene rings is 1. The van der Waals surface area contributed by atoms with Crippen LogP contribution in [0.3, 0.4) is 0 Å². The molecule has 1 atom stereocenters. The number of piperazine rings is 1. The van der Waals surface area contributed by atoms with Gasteiger partial charge < -0.3 is 4.90 Å². The van der Waals surface area contributed by atoms with Gasteiger partial charge in [-0.1, -0.05) is 0 Å². The Balaban J connectivity index is 2.31. The topological polar surface area (TPSA) is 40.6 Å². The third-order valence-corrected chi connectivity index (χ3v) is 7.58. The molecule has 0 saturated carbocycles. The van der Waals surface area contributed by atoms with Gasteiger partial charge in [0.2, 0.25) is 0 Å². The lowest BCUT2D eigenvalue weighted by Gasteiger charge is -2.36. The molecule has 0 aliphatic carbocycles. The van der Waals surface area contributed by atoms with Crippen LogP contribution in [-0.4, -0.2) is 50.3 Å². The average molecular weight is 323 g/mol. The maximum atomic E-state index is 12.7. The number of aryl methyl sites for hydroxylation is 1. The molecule has 0 amide bonds. The highest BCUT2D eigenvalue weighted by atomic mass is 35.5. The van der Waals surface area contributed by atoms with E-state index < -0.39 is 10.0 Å². The smallest absolute Gasteiger partial charge is 0.252 e. The van der Waals surface area contributed by atoms with Crippen LogP contribution in [0, 0.1) is 6.92 Å². The second kappa shape index (κ2) is 5.69. The van der Waals surface area contributed by atoms with Gasteiger partial charge in [-0.2, -0.15) is 4.31 Å². The number of halogens is 1. The fraction of sp³-hybridized carbons (Fsp3) is 0.667. The summed E-state index contributed by atoms with van der Waals surface area (Å²) in [6, 6.07) is 1.74. The highest BCUT2D eigenvalue weighted by molar-refractivity contribution is 7.91. The zero-order valence-electron chi connectivity index (χ0n) is 11.4. The summed E-state index contributed by atoms with van der Waals surface area (Å²) < 4.78 is 27.3. The van der Waals surface area contributed by atoms with E-state index in [2.05, 4.69) is 4.90 Å². The van der Waals surface area contributed by atoms with Crippen molar-refractivity contribution in [3.63, 3.8) is 0 Å². The molecule has 2 heterocycles. The molecule has 0 aromatic carbocycles. The van der Waals surface area contributed by atoms with Crippen LogP contribution in [0.25, 0.3) is 0 Å². The van der Waals surface area contributed by atoms with E-state index >= 15 is 0 Å². The third kappa shape index (κ3) is 2.97. The van der Waals surface area contributed by atoms with E-state index in [1.54, 1.807) is 10.4 Å². The summed E-state index contributed by atoms with van der Waals surface area (Å²) in [5.41, 5.74) is 0.959. The molecule has 19 heavy (non-hydrogen) atoms. The summed E-state index contributed by atoms with van der Waals surface area (Å²) in [4.78, 5) is 3.09. The number of sulfonamides is 1. The van der Waals surface area contributed by atoms with Gasteiger partial charge in [-0.15, -0.1) is 22.9 Å². The lowest BCUT2D eigenvalue weighted by Crippen LogP contribution is -2.52. The van der Waals surface area contributed by atoms with Crippen molar-refractivity contribution in [2.24, 2.45) is 0 Å². The van der Waals surface area contributed by atoms with Crippen molar-refractivity contribution in [3.05, 3.63) is 16.5 Å². The monoisotopic (exact) mass is 322 g/mol. The molecule has 0 spiro atoms. The fourth-order valence-corrected chi connectivity index (χ4v) is 5.90. The number of likely N-dealkylation sites (N-methyl/N-ethyl adjacent to an activating group) is 1. The predicted octanol–water partition coefficient (Wildman–Crippen LogP) is 2.12. The molecule has 4 nitrogen and oxygen atoms in total. The van der Waals surface area contributed by atoms with Crippen LogP contribution < -0.4 is 0 Å². The van der Waals surface area contributed by atoms with Crippen LogP contribution >= 0.6 is 22.9 Å². The predicted molar refractivity (Wildman–Crippen MR) is 79.5 cm³/mol. The van der Waals surface area contributed by atoms with Gasteiger partial charge in [0.25, 0.3) is 10.0 Å². The lowest BCUT2D eigenvalue weighted by atomic mass is 10.2. The molecule has 1 aliphatic rings. The van der Waals surface area contributed by atoms with Crippen LogP contribution in [0.5, 0.6) is 0 Å². The largest absolute Gasteiger partial charge is 0.303 e. The Labute approximate surface area is 124 Å². The Hall–Kier alpha value is -0.140. The molecule has 2 rings (SSSR count). The minimum Gasteiger partial charge on any atom is -0.303 e. The average Bonchev–Trinajstić information content (AvgIpc) is 2.70. The van der Waals surface area contributed by atoms with Crippen molar-refractivity contribution in [1.82, 2.24) is 9.21 Å². The number of rotatable bonds is 3.